The molecule has 3 aromatic rings. The molecule has 224 valence electrons. The molecule has 4 N–H and O–H groups in total. The van der Waals surface area contributed by atoms with E-state index >= 15 is 0 Å². The first kappa shape index (κ1) is 29.1. The summed E-state index contributed by atoms with van der Waals surface area (Å²) in [7, 11) is -4.04. The van der Waals surface area contributed by atoms with E-state index in [-0.39, 0.29) is 40.7 Å². The van der Waals surface area contributed by atoms with Gasteiger partial charge in [-0.3, -0.25) is 9.59 Å². The van der Waals surface area contributed by atoms with Gasteiger partial charge in [-0.25, -0.2) is 17.9 Å². The van der Waals surface area contributed by atoms with Crippen LogP contribution < -0.4 is 15.4 Å². The molecule has 2 amide bonds. The highest BCUT2D eigenvalue weighted by atomic mass is 32.2. The molecule has 0 aliphatic heterocycles. The number of ketones is 1. The van der Waals surface area contributed by atoms with Crippen molar-refractivity contribution >= 4 is 39.2 Å². The molecule has 4 atom stereocenters. The monoisotopic (exact) mass is 601 g/mol. The quantitative estimate of drug-likeness (QED) is 0.248. The zero-order valence-electron chi connectivity index (χ0n) is 24.1. The number of aliphatic carboxylic acids is 1. The number of sulfonamides is 1. The third-order valence-electron chi connectivity index (χ3n) is 10.2. The third-order valence-corrected chi connectivity index (χ3v) is 11.7. The summed E-state index contributed by atoms with van der Waals surface area (Å²) < 4.78 is 29.0. The summed E-state index contributed by atoms with van der Waals surface area (Å²) in [5.41, 5.74) is 2.39. The SMILES string of the molecule is CC1(C)C2CC(=O)C3(CS(=O)(=O)NC(Cc4ccc(-c5cccc(NC(=O)Nc6ccccc6)c5)cc4)C(=O)O)CCC231. The number of urea groups is 1. The van der Waals surface area contributed by atoms with Crippen LogP contribution in [0, 0.1) is 22.2 Å². The Labute approximate surface area is 251 Å². The first-order chi connectivity index (χ1) is 20.4. The van der Waals surface area contributed by atoms with Crippen LogP contribution in [0.2, 0.25) is 0 Å². The molecule has 3 aromatic carbocycles. The lowest BCUT2D eigenvalue weighted by molar-refractivity contribution is -0.139. The summed E-state index contributed by atoms with van der Waals surface area (Å²) in [4.78, 5) is 37.4. The van der Waals surface area contributed by atoms with E-state index in [0.717, 1.165) is 17.5 Å². The largest absolute Gasteiger partial charge is 0.480 e. The Hall–Kier alpha value is -4.02. The molecule has 43 heavy (non-hydrogen) atoms. The summed E-state index contributed by atoms with van der Waals surface area (Å²) in [5, 5.41) is 15.5. The van der Waals surface area contributed by atoms with E-state index in [0.29, 0.717) is 29.8 Å². The molecule has 6 rings (SSSR count). The maximum atomic E-state index is 13.3. The zero-order chi connectivity index (χ0) is 30.6. The highest BCUT2D eigenvalue weighted by molar-refractivity contribution is 7.89. The number of amides is 2. The summed E-state index contributed by atoms with van der Waals surface area (Å²) in [5.74, 6) is -1.40. The number of carboxylic acid groups (broad SMARTS) is 1. The molecule has 0 aromatic heterocycles. The van der Waals surface area contributed by atoms with Crippen molar-refractivity contribution in [3.63, 3.8) is 0 Å². The van der Waals surface area contributed by atoms with Crippen LogP contribution in [0.1, 0.15) is 38.7 Å². The summed E-state index contributed by atoms with van der Waals surface area (Å²) >= 11 is 0. The van der Waals surface area contributed by atoms with Gasteiger partial charge in [0, 0.05) is 17.8 Å². The average molecular weight is 602 g/mol. The third kappa shape index (κ3) is 4.92. The number of benzene rings is 3. The van der Waals surface area contributed by atoms with E-state index in [1.54, 1.807) is 30.3 Å². The predicted octanol–water partition coefficient (Wildman–Crippen LogP) is 5.31. The van der Waals surface area contributed by atoms with Crippen LogP contribution in [-0.4, -0.2) is 43.1 Å². The number of hydrogen-bond acceptors (Lipinski definition) is 5. The van der Waals surface area contributed by atoms with Crippen LogP contribution in [0.3, 0.4) is 0 Å². The van der Waals surface area contributed by atoms with E-state index in [1.165, 1.54) is 0 Å². The number of carboxylic acids is 1. The summed E-state index contributed by atoms with van der Waals surface area (Å²) in [6.07, 6.45) is 1.76. The van der Waals surface area contributed by atoms with Crippen LogP contribution in [0.25, 0.3) is 11.1 Å². The molecule has 0 saturated heterocycles. The van der Waals surface area contributed by atoms with Gasteiger partial charge in [0.2, 0.25) is 10.0 Å². The van der Waals surface area contributed by atoms with Crippen molar-refractivity contribution in [3.8, 4) is 11.1 Å². The zero-order valence-corrected chi connectivity index (χ0v) is 24.9. The molecule has 3 fully saturated rings. The molecule has 3 saturated carbocycles. The molecule has 1 spiro atoms. The second kappa shape index (κ2) is 10.3. The minimum absolute atomic E-state index is 0.00649. The minimum atomic E-state index is -4.04. The number of para-hydroxylation sites is 1. The van der Waals surface area contributed by atoms with Crippen LogP contribution in [0.5, 0.6) is 0 Å². The molecule has 10 heteroatoms. The van der Waals surface area contributed by atoms with Gasteiger partial charge in [-0.05, 0) is 77.0 Å². The van der Waals surface area contributed by atoms with E-state index in [1.807, 2.05) is 48.5 Å². The highest BCUT2D eigenvalue weighted by Crippen LogP contribution is 2.89. The molecular weight excluding hydrogens is 566 g/mol. The normalized spacial score (nSPS) is 25.5. The Morgan fingerprint density at radius 3 is 2.23 bits per heavy atom. The average Bonchev–Trinajstić information content (AvgIpc) is 3.40. The van der Waals surface area contributed by atoms with Crippen LogP contribution in [0.15, 0.2) is 78.9 Å². The van der Waals surface area contributed by atoms with E-state index in [2.05, 4.69) is 29.2 Å². The smallest absolute Gasteiger partial charge is 0.323 e. The van der Waals surface area contributed by atoms with Crippen LogP contribution >= 0.6 is 0 Å². The Bertz CT molecular complexity index is 1710. The number of carbonyl (C=O) groups is 3. The lowest BCUT2D eigenvalue weighted by Crippen LogP contribution is -2.55. The molecule has 9 nitrogen and oxygen atoms in total. The number of nitrogens with one attached hydrogen (secondary N) is 3. The second-order valence-electron chi connectivity index (χ2n) is 12.6. The van der Waals surface area contributed by atoms with Gasteiger partial charge in [0.15, 0.2) is 0 Å². The maximum absolute atomic E-state index is 13.3. The van der Waals surface area contributed by atoms with Gasteiger partial charge in [-0.1, -0.05) is 68.4 Å². The Morgan fingerprint density at radius 1 is 0.907 bits per heavy atom. The molecule has 0 radical (unpaired) electrons. The van der Waals surface area contributed by atoms with Crippen molar-refractivity contribution in [3.05, 3.63) is 84.4 Å². The first-order valence-corrected chi connectivity index (χ1v) is 16.1. The molecule has 3 aliphatic carbocycles. The highest BCUT2D eigenvalue weighted by Gasteiger charge is 2.88. The van der Waals surface area contributed by atoms with Gasteiger partial charge in [-0.2, -0.15) is 0 Å². The Balaban J connectivity index is 1.10. The number of carbonyl (C=O) groups excluding carboxylic acids is 2. The number of hydrogen-bond donors (Lipinski definition) is 4. The lowest BCUT2D eigenvalue weighted by atomic mass is 9.55. The van der Waals surface area contributed by atoms with Gasteiger partial charge >= 0.3 is 12.0 Å². The Kier molecular flexibility index (Phi) is 6.97. The van der Waals surface area contributed by atoms with E-state index < -0.39 is 27.4 Å². The Morgan fingerprint density at radius 2 is 1.58 bits per heavy atom. The van der Waals surface area contributed by atoms with Crippen molar-refractivity contribution < 1.29 is 27.9 Å². The predicted molar refractivity (Wildman–Crippen MR) is 164 cm³/mol. The minimum Gasteiger partial charge on any atom is -0.480 e. The number of rotatable bonds is 10. The number of anilines is 2. The van der Waals surface area contributed by atoms with Crippen molar-refractivity contribution in [2.24, 2.45) is 22.2 Å². The van der Waals surface area contributed by atoms with Crippen molar-refractivity contribution in [2.45, 2.75) is 45.6 Å². The first-order valence-electron chi connectivity index (χ1n) is 14.5. The fourth-order valence-electron chi connectivity index (χ4n) is 8.01. The lowest BCUT2D eigenvalue weighted by Gasteiger charge is -2.49. The van der Waals surface area contributed by atoms with Crippen LogP contribution in [-0.2, 0) is 26.0 Å². The van der Waals surface area contributed by atoms with Gasteiger partial charge < -0.3 is 15.7 Å². The van der Waals surface area contributed by atoms with Crippen molar-refractivity contribution in [2.75, 3.05) is 16.4 Å². The molecule has 0 heterocycles. The van der Waals surface area contributed by atoms with Gasteiger partial charge in [0.05, 0.1) is 11.2 Å². The fraction of sp³-hybridized carbons (Fsp3) is 0.364. The second-order valence-corrected chi connectivity index (χ2v) is 14.4. The van der Waals surface area contributed by atoms with Crippen molar-refractivity contribution in [1.82, 2.24) is 4.72 Å². The standard InChI is InChI=1S/C33H35N3O6S/c1-31(2)27-19-28(37)32(15-16-33(27,31)32)20-43(41,42)36-26(29(38)39)17-21-11-13-22(14-12-21)23-7-6-10-25(18-23)35-30(40)34-24-8-4-3-5-9-24/h3-14,18,26-27,36H,15-17,19-20H2,1-2H3,(H,38,39)(H2,34,35,40). The van der Waals surface area contributed by atoms with E-state index in [9.17, 15) is 27.9 Å². The maximum Gasteiger partial charge on any atom is 0.323 e. The van der Waals surface area contributed by atoms with E-state index in [4.69, 9.17) is 0 Å². The molecular formula is C33H35N3O6S. The molecule has 3 aliphatic rings. The number of Topliss-reactive ketones (excluding diaryl/α,β-unsaturated/α-hetero) is 1. The molecule has 0 bridgehead atoms. The summed E-state index contributed by atoms with van der Waals surface area (Å²) in [6, 6.07) is 21.9. The van der Waals surface area contributed by atoms with Crippen LogP contribution in [0.4, 0.5) is 16.2 Å². The molecule has 4 unspecified atom stereocenters. The van der Waals surface area contributed by atoms with Crippen molar-refractivity contribution in [1.29, 1.82) is 0 Å². The van der Waals surface area contributed by atoms with Gasteiger partial charge in [-0.15, -0.1) is 0 Å². The fourth-order valence-corrected chi connectivity index (χ4v) is 9.92. The van der Waals surface area contributed by atoms with Gasteiger partial charge in [0.25, 0.3) is 0 Å². The summed E-state index contributed by atoms with van der Waals surface area (Å²) in [6.45, 7) is 4.22. The van der Waals surface area contributed by atoms with Gasteiger partial charge in [0.1, 0.15) is 11.8 Å². The topological polar surface area (TPSA) is 142 Å².